The summed E-state index contributed by atoms with van der Waals surface area (Å²) < 4.78 is 5.49. The molecule has 6 rings (SSSR count). The Morgan fingerprint density at radius 2 is 1.23 bits per heavy atom. The molecule has 6 aromatic heterocycles. The number of anilines is 3. The van der Waals surface area contributed by atoms with Crippen molar-refractivity contribution in [3.05, 3.63) is 35.7 Å². The van der Waals surface area contributed by atoms with Crippen molar-refractivity contribution in [2.45, 2.75) is 59.7 Å². The molecule has 0 saturated carbocycles. The summed E-state index contributed by atoms with van der Waals surface area (Å²) >= 11 is 0. The highest BCUT2D eigenvalue weighted by molar-refractivity contribution is 5.81. The van der Waals surface area contributed by atoms with Crippen LogP contribution in [0.2, 0.25) is 0 Å². The van der Waals surface area contributed by atoms with Crippen LogP contribution in [0.15, 0.2) is 30.1 Å². The molecule has 6 heterocycles. The Kier molecular flexibility index (Phi) is 7.83. The normalized spacial score (nSPS) is 11.3. The summed E-state index contributed by atoms with van der Waals surface area (Å²) in [5.41, 5.74) is 20.0. The van der Waals surface area contributed by atoms with E-state index in [4.69, 9.17) is 17.2 Å². The van der Waals surface area contributed by atoms with E-state index in [-0.39, 0.29) is 23.6 Å². The Labute approximate surface area is 227 Å². The number of nitrogens with zero attached hydrogens (tertiary/aromatic N) is 12. The number of hydrogen-bond donors (Lipinski definition) is 4. The minimum Gasteiger partial charge on any atom is -0.382 e. The lowest BCUT2D eigenvalue weighted by molar-refractivity contribution is 0.526. The summed E-state index contributed by atoms with van der Waals surface area (Å²) in [6, 6.07) is 0.757. The molecule has 0 aromatic carbocycles. The molecule has 0 aliphatic carbocycles. The second kappa shape index (κ2) is 11.3. The third kappa shape index (κ3) is 5.47. The molecule has 40 heavy (non-hydrogen) atoms. The van der Waals surface area contributed by atoms with Gasteiger partial charge in [0.05, 0.1) is 18.7 Å². The Hall–Kier alpha value is -5.22. The number of fused-ring (bicyclic) bond motifs is 3. The summed E-state index contributed by atoms with van der Waals surface area (Å²) in [5.74, 6) is 0.922. The van der Waals surface area contributed by atoms with Gasteiger partial charge in [-0.1, -0.05) is 5.21 Å². The summed E-state index contributed by atoms with van der Waals surface area (Å²) in [6.07, 6.45) is 6.20. The minimum absolute atomic E-state index is 0.116. The van der Waals surface area contributed by atoms with Crippen molar-refractivity contribution >= 4 is 51.1 Å². The van der Waals surface area contributed by atoms with Crippen LogP contribution >= 0.6 is 0 Å². The summed E-state index contributed by atoms with van der Waals surface area (Å²) in [5, 5.41) is 7.84. The monoisotopic (exact) mass is 548 g/mol. The van der Waals surface area contributed by atoms with Crippen molar-refractivity contribution < 1.29 is 0 Å². The molecule has 6 aromatic rings. The molecule has 0 unspecified atom stereocenters. The van der Waals surface area contributed by atoms with Crippen LogP contribution in [0.3, 0.4) is 0 Å². The third-order valence-corrected chi connectivity index (χ3v) is 5.73. The van der Waals surface area contributed by atoms with E-state index in [1.165, 1.54) is 12.7 Å². The van der Waals surface area contributed by atoms with Crippen LogP contribution in [-0.2, 0) is 0 Å². The highest BCUT2D eigenvalue weighted by atomic mass is 16.1. The maximum Gasteiger partial charge on any atom is 0.280 e. The maximum absolute atomic E-state index is 11.4. The SMILES string of the molecule is CC(C)n1cnc2c(=O)[nH]c(N)nc21.CC(C)n1cnc2c(N)ncnc21.CC(C)n1nnc2c(N)ncnc21. The predicted octanol–water partition coefficient (Wildman–Crippen LogP) is 1.66. The number of aromatic amines is 1. The van der Waals surface area contributed by atoms with Gasteiger partial charge in [-0.05, 0) is 41.5 Å². The van der Waals surface area contributed by atoms with Gasteiger partial charge in [0.25, 0.3) is 5.56 Å². The van der Waals surface area contributed by atoms with E-state index in [1.54, 1.807) is 21.9 Å². The molecule has 17 heteroatoms. The van der Waals surface area contributed by atoms with Gasteiger partial charge in [0, 0.05) is 12.1 Å². The van der Waals surface area contributed by atoms with E-state index in [0.717, 1.165) is 5.65 Å². The van der Waals surface area contributed by atoms with Gasteiger partial charge in [0.15, 0.2) is 39.6 Å². The molecule has 7 N–H and O–H groups in total. The lowest BCUT2D eigenvalue weighted by Gasteiger charge is -2.06. The Morgan fingerprint density at radius 3 is 1.82 bits per heavy atom. The second-order valence-corrected chi connectivity index (χ2v) is 9.60. The standard InChI is InChI=1S/C8H11N5O.C8H11N5.C7H10N6/c1-4(2)13-3-10-5-6(13)11-8(9)12-7(5)14;1-5(2)13-4-12-6-7(9)10-3-11-8(6)13;1-4(2)13-7-5(11-12-13)6(8)9-3-10-7/h3-4H,1-2H3,(H3,9,11,12,14);3-5H,1-2H3,(H2,9,10,11);3-4H,1-2H3,(H2,8,9,10). The van der Waals surface area contributed by atoms with Gasteiger partial charge in [0.1, 0.15) is 18.2 Å². The fourth-order valence-corrected chi connectivity index (χ4v) is 3.70. The Balaban J connectivity index is 0.000000139. The van der Waals surface area contributed by atoms with Crippen LogP contribution < -0.4 is 22.8 Å². The highest BCUT2D eigenvalue weighted by Gasteiger charge is 2.12. The van der Waals surface area contributed by atoms with Crippen molar-refractivity contribution in [2.75, 3.05) is 17.2 Å². The fraction of sp³-hybridized carbons (Fsp3) is 0.391. The molecule has 0 radical (unpaired) electrons. The van der Waals surface area contributed by atoms with E-state index in [9.17, 15) is 4.79 Å². The molecule has 0 aliphatic rings. The first-order valence-corrected chi connectivity index (χ1v) is 12.5. The number of imidazole rings is 2. The first-order valence-electron chi connectivity index (χ1n) is 12.5. The van der Waals surface area contributed by atoms with Crippen molar-refractivity contribution in [1.82, 2.24) is 64.0 Å². The van der Waals surface area contributed by atoms with E-state index in [2.05, 4.69) is 64.0 Å². The van der Waals surface area contributed by atoms with Crippen molar-refractivity contribution in [3.8, 4) is 0 Å². The Morgan fingerprint density at radius 1 is 0.675 bits per heavy atom. The molecule has 0 bridgehead atoms. The number of H-pyrrole nitrogens is 1. The smallest absolute Gasteiger partial charge is 0.280 e. The lowest BCUT2D eigenvalue weighted by Crippen LogP contribution is -2.12. The summed E-state index contributed by atoms with van der Waals surface area (Å²) in [6.45, 7) is 12.1. The zero-order valence-corrected chi connectivity index (χ0v) is 23.0. The van der Waals surface area contributed by atoms with Crippen molar-refractivity contribution in [2.24, 2.45) is 0 Å². The average molecular weight is 549 g/mol. The van der Waals surface area contributed by atoms with Gasteiger partial charge >= 0.3 is 0 Å². The molecular formula is C23H32N16O. The number of hydrogen-bond acceptors (Lipinski definition) is 13. The van der Waals surface area contributed by atoms with Gasteiger partial charge < -0.3 is 26.3 Å². The van der Waals surface area contributed by atoms with Crippen molar-refractivity contribution in [3.63, 3.8) is 0 Å². The third-order valence-electron chi connectivity index (χ3n) is 5.73. The van der Waals surface area contributed by atoms with E-state index < -0.39 is 0 Å². The maximum atomic E-state index is 11.4. The first kappa shape index (κ1) is 27.8. The quantitative estimate of drug-likeness (QED) is 0.246. The zero-order chi connectivity index (χ0) is 29.1. The molecule has 0 amide bonds. The topological polar surface area (TPSA) is 242 Å². The minimum atomic E-state index is -0.299. The first-order chi connectivity index (χ1) is 19.0. The number of nitrogens with one attached hydrogen (secondary N) is 1. The van der Waals surface area contributed by atoms with Crippen molar-refractivity contribution in [1.29, 1.82) is 0 Å². The molecule has 0 aliphatic heterocycles. The highest BCUT2D eigenvalue weighted by Crippen LogP contribution is 2.18. The molecule has 0 spiro atoms. The average Bonchev–Trinajstić information content (AvgIpc) is 3.62. The summed E-state index contributed by atoms with van der Waals surface area (Å²) in [7, 11) is 0. The molecule has 0 saturated heterocycles. The van der Waals surface area contributed by atoms with Crippen LogP contribution in [0.1, 0.15) is 59.7 Å². The predicted molar refractivity (Wildman–Crippen MR) is 151 cm³/mol. The van der Waals surface area contributed by atoms with Crippen LogP contribution in [-0.4, -0.2) is 64.0 Å². The summed E-state index contributed by atoms with van der Waals surface area (Å²) in [4.78, 5) is 41.9. The fourth-order valence-electron chi connectivity index (χ4n) is 3.70. The number of rotatable bonds is 3. The Bertz CT molecular complexity index is 1720. The molecule has 210 valence electrons. The number of nitrogen functional groups attached to an aromatic ring is 3. The van der Waals surface area contributed by atoms with Crippen LogP contribution in [0.4, 0.5) is 17.6 Å². The van der Waals surface area contributed by atoms with Gasteiger partial charge in [-0.15, -0.1) is 5.10 Å². The van der Waals surface area contributed by atoms with Gasteiger partial charge in [-0.2, -0.15) is 4.98 Å². The molecule has 0 atom stereocenters. The van der Waals surface area contributed by atoms with Crippen LogP contribution in [0, 0.1) is 0 Å². The van der Waals surface area contributed by atoms with E-state index in [0.29, 0.717) is 45.5 Å². The second-order valence-electron chi connectivity index (χ2n) is 9.60. The van der Waals surface area contributed by atoms with Gasteiger partial charge in [-0.3, -0.25) is 9.78 Å². The molecule has 17 nitrogen and oxygen atoms in total. The van der Waals surface area contributed by atoms with Crippen LogP contribution in [0.25, 0.3) is 33.5 Å². The molecule has 0 fully saturated rings. The number of nitrogens with two attached hydrogens (primary N) is 3. The lowest BCUT2D eigenvalue weighted by atomic mass is 10.4. The zero-order valence-electron chi connectivity index (χ0n) is 23.0. The van der Waals surface area contributed by atoms with Crippen LogP contribution in [0.5, 0.6) is 0 Å². The molecular weight excluding hydrogens is 516 g/mol. The largest absolute Gasteiger partial charge is 0.382 e. The van der Waals surface area contributed by atoms with Gasteiger partial charge in [-0.25, -0.2) is 34.6 Å². The van der Waals surface area contributed by atoms with E-state index >= 15 is 0 Å². The van der Waals surface area contributed by atoms with E-state index in [1.807, 2.05) is 32.3 Å². The van der Waals surface area contributed by atoms with Gasteiger partial charge in [0.2, 0.25) is 5.95 Å². The number of aromatic nitrogens is 13.